The Labute approximate surface area is 287 Å². The third kappa shape index (κ3) is 3.87. The van der Waals surface area contributed by atoms with Gasteiger partial charge in [0.1, 0.15) is 0 Å². The zero-order valence-electron chi connectivity index (χ0n) is 27.0. The van der Waals surface area contributed by atoms with Crippen molar-refractivity contribution in [3.05, 3.63) is 170 Å². The lowest BCUT2D eigenvalue weighted by atomic mass is 9.96. The first kappa shape index (κ1) is 27.2. The Morgan fingerprint density at radius 1 is 0.360 bits per heavy atom. The third-order valence-corrected chi connectivity index (χ3v) is 10.3. The van der Waals surface area contributed by atoms with Crippen LogP contribution < -0.4 is 0 Å². The highest BCUT2D eigenvalue weighted by Crippen LogP contribution is 2.42. The summed E-state index contributed by atoms with van der Waals surface area (Å²) in [5.41, 5.74) is 11.1. The van der Waals surface area contributed by atoms with Crippen LogP contribution in [-0.4, -0.2) is 19.1 Å². The van der Waals surface area contributed by atoms with E-state index in [0.717, 1.165) is 33.2 Å². The summed E-state index contributed by atoms with van der Waals surface area (Å²) >= 11 is 0. The molecule has 11 rings (SSSR count). The van der Waals surface area contributed by atoms with Crippen LogP contribution in [0.1, 0.15) is 0 Å². The maximum Gasteiger partial charge on any atom is 0.235 e. The molecule has 0 unspecified atom stereocenters. The fourth-order valence-electron chi connectivity index (χ4n) is 8.06. The molecule has 0 spiro atoms. The van der Waals surface area contributed by atoms with Crippen LogP contribution in [0.25, 0.3) is 99.3 Å². The molecule has 50 heavy (non-hydrogen) atoms. The number of hydrogen-bond acceptors (Lipinski definition) is 2. The van der Waals surface area contributed by atoms with Gasteiger partial charge < -0.3 is 4.57 Å². The summed E-state index contributed by atoms with van der Waals surface area (Å²) < 4.78 is 4.64. The van der Waals surface area contributed by atoms with Crippen LogP contribution in [0.15, 0.2) is 170 Å². The Kier molecular flexibility index (Phi) is 5.63. The molecular formula is C46H28N4. The third-order valence-electron chi connectivity index (χ3n) is 10.3. The van der Waals surface area contributed by atoms with Crippen LogP contribution in [-0.2, 0) is 0 Å². The van der Waals surface area contributed by atoms with Crippen LogP contribution in [0, 0.1) is 0 Å². The summed E-state index contributed by atoms with van der Waals surface area (Å²) in [4.78, 5) is 10.4. The van der Waals surface area contributed by atoms with Crippen molar-refractivity contribution < 1.29 is 0 Å². The van der Waals surface area contributed by atoms with Gasteiger partial charge in [0.15, 0.2) is 0 Å². The normalized spacial score (nSPS) is 12.0. The average Bonchev–Trinajstić information content (AvgIpc) is 3.70. The smallest absolute Gasteiger partial charge is 0.235 e. The predicted molar refractivity (Wildman–Crippen MR) is 208 cm³/mol. The Balaban J connectivity index is 1.16. The van der Waals surface area contributed by atoms with E-state index in [2.05, 4.69) is 167 Å². The van der Waals surface area contributed by atoms with Crippen molar-refractivity contribution >= 4 is 65.3 Å². The molecule has 0 amide bonds. The lowest BCUT2D eigenvalue weighted by Gasteiger charge is -2.12. The molecule has 232 valence electrons. The summed E-state index contributed by atoms with van der Waals surface area (Å²) in [5.74, 6) is 0.667. The zero-order chi connectivity index (χ0) is 32.8. The zero-order valence-corrected chi connectivity index (χ0v) is 27.0. The molecule has 0 saturated carbocycles. The average molecular weight is 637 g/mol. The van der Waals surface area contributed by atoms with Gasteiger partial charge in [-0.25, -0.2) is 9.97 Å². The summed E-state index contributed by atoms with van der Waals surface area (Å²) in [6.45, 7) is 0. The molecule has 0 aliphatic rings. The maximum absolute atomic E-state index is 5.26. The van der Waals surface area contributed by atoms with E-state index >= 15 is 0 Å². The van der Waals surface area contributed by atoms with E-state index in [4.69, 9.17) is 9.97 Å². The Bertz CT molecular complexity index is 3080. The molecular weight excluding hydrogens is 609 g/mol. The lowest BCUT2D eigenvalue weighted by Crippen LogP contribution is -2.03. The molecule has 0 N–H and O–H groups in total. The molecule has 0 bridgehead atoms. The van der Waals surface area contributed by atoms with Gasteiger partial charge in [-0.15, -0.1) is 0 Å². The molecule has 0 aliphatic carbocycles. The molecule has 8 aromatic carbocycles. The van der Waals surface area contributed by atoms with Gasteiger partial charge in [-0.2, -0.15) is 0 Å². The highest BCUT2D eigenvalue weighted by molar-refractivity contribution is 6.25. The first-order valence-corrected chi connectivity index (χ1v) is 17.0. The molecule has 0 fully saturated rings. The van der Waals surface area contributed by atoms with E-state index in [1.165, 1.54) is 60.2 Å². The van der Waals surface area contributed by atoms with Crippen molar-refractivity contribution in [2.45, 2.75) is 0 Å². The minimum Gasteiger partial charge on any atom is -0.309 e. The van der Waals surface area contributed by atoms with Crippen molar-refractivity contribution in [1.29, 1.82) is 0 Å². The monoisotopic (exact) mass is 636 g/mol. The van der Waals surface area contributed by atoms with E-state index in [1.807, 2.05) is 12.1 Å². The molecule has 4 nitrogen and oxygen atoms in total. The maximum atomic E-state index is 5.26. The Morgan fingerprint density at radius 3 is 1.94 bits per heavy atom. The highest BCUT2D eigenvalue weighted by atomic mass is 15.2. The van der Waals surface area contributed by atoms with Gasteiger partial charge in [-0.05, 0) is 76.5 Å². The molecule has 0 radical (unpaired) electrons. The fourth-order valence-corrected chi connectivity index (χ4v) is 8.06. The van der Waals surface area contributed by atoms with Gasteiger partial charge >= 0.3 is 0 Å². The van der Waals surface area contributed by atoms with Crippen LogP contribution in [0.5, 0.6) is 0 Å². The summed E-state index contributed by atoms with van der Waals surface area (Å²) in [7, 11) is 0. The predicted octanol–water partition coefficient (Wildman–Crippen LogP) is 11.7. The van der Waals surface area contributed by atoms with Gasteiger partial charge in [0.25, 0.3) is 0 Å². The summed E-state index contributed by atoms with van der Waals surface area (Å²) in [6, 6.07) is 60.7. The van der Waals surface area contributed by atoms with Gasteiger partial charge in [-0.1, -0.05) is 115 Å². The second kappa shape index (κ2) is 10.4. The SMILES string of the molecule is c1ccc(-c2nc(-n3c4ccccc4c4cc(-c5cc6ccc7cccc8c7c6c(c5)n8-c5ccccc5)ccc43)nc3ccccc23)cc1. The minimum absolute atomic E-state index is 0.667. The topological polar surface area (TPSA) is 35.6 Å². The lowest BCUT2D eigenvalue weighted by molar-refractivity contribution is 1.01. The second-order valence-corrected chi connectivity index (χ2v) is 13.0. The van der Waals surface area contributed by atoms with Crippen molar-refractivity contribution in [2.75, 3.05) is 0 Å². The van der Waals surface area contributed by atoms with Crippen LogP contribution in [0.3, 0.4) is 0 Å². The van der Waals surface area contributed by atoms with E-state index in [9.17, 15) is 0 Å². The number of benzene rings is 8. The van der Waals surface area contributed by atoms with E-state index in [-0.39, 0.29) is 0 Å². The molecule has 3 heterocycles. The van der Waals surface area contributed by atoms with Crippen LogP contribution in [0.2, 0.25) is 0 Å². The van der Waals surface area contributed by atoms with Crippen molar-refractivity contribution in [3.8, 4) is 34.0 Å². The van der Waals surface area contributed by atoms with E-state index in [1.54, 1.807) is 0 Å². The number of rotatable bonds is 4. The number of para-hydroxylation sites is 3. The van der Waals surface area contributed by atoms with Gasteiger partial charge in [0.05, 0.1) is 33.3 Å². The minimum atomic E-state index is 0.667. The molecule has 0 aliphatic heterocycles. The van der Waals surface area contributed by atoms with Crippen LogP contribution in [0.4, 0.5) is 0 Å². The first-order chi connectivity index (χ1) is 24.8. The van der Waals surface area contributed by atoms with Crippen molar-refractivity contribution in [3.63, 3.8) is 0 Å². The van der Waals surface area contributed by atoms with Gasteiger partial charge in [0.2, 0.25) is 5.95 Å². The quantitative estimate of drug-likeness (QED) is 0.180. The largest absolute Gasteiger partial charge is 0.309 e. The standard InChI is InChI=1S/C46H28N4/c1-3-12-30(13-4-1)45-36-18-7-9-19-38(36)47-46(48-45)50-39-20-10-8-17-35(39)37-27-31(24-25-40(37)50)33-26-32-23-22-29-14-11-21-41-43(29)44(32)42(28-33)49(41)34-15-5-2-6-16-34/h1-28H. The highest BCUT2D eigenvalue weighted by Gasteiger charge is 2.20. The number of fused-ring (bicyclic) bond motifs is 4. The number of hydrogen-bond donors (Lipinski definition) is 0. The summed E-state index contributed by atoms with van der Waals surface area (Å²) in [6.07, 6.45) is 0. The molecule has 11 aromatic rings. The summed E-state index contributed by atoms with van der Waals surface area (Å²) in [5, 5.41) is 8.53. The van der Waals surface area contributed by atoms with Crippen molar-refractivity contribution in [2.24, 2.45) is 0 Å². The molecule has 4 heteroatoms. The Morgan fingerprint density at radius 2 is 1.06 bits per heavy atom. The molecule has 3 aromatic heterocycles. The number of aromatic nitrogens is 4. The van der Waals surface area contributed by atoms with Gasteiger partial charge in [-0.3, -0.25) is 4.57 Å². The van der Waals surface area contributed by atoms with E-state index in [0.29, 0.717) is 5.95 Å². The van der Waals surface area contributed by atoms with Crippen molar-refractivity contribution in [1.82, 2.24) is 19.1 Å². The second-order valence-electron chi connectivity index (χ2n) is 13.0. The van der Waals surface area contributed by atoms with Gasteiger partial charge in [0, 0.05) is 38.2 Å². The van der Waals surface area contributed by atoms with Crippen LogP contribution >= 0.6 is 0 Å². The fraction of sp³-hybridized carbons (Fsp3) is 0. The first-order valence-electron chi connectivity index (χ1n) is 17.0. The molecule has 0 saturated heterocycles. The molecule has 0 atom stereocenters. The Hall–Kier alpha value is -6.78. The van der Waals surface area contributed by atoms with E-state index < -0.39 is 0 Å². The number of nitrogens with zero attached hydrogens (tertiary/aromatic N) is 4.